The van der Waals surface area contributed by atoms with Gasteiger partial charge in [0.15, 0.2) is 11.7 Å². The van der Waals surface area contributed by atoms with Gasteiger partial charge in [-0.3, -0.25) is 4.99 Å². The van der Waals surface area contributed by atoms with Crippen LogP contribution in [0.1, 0.15) is 5.69 Å². The summed E-state index contributed by atoms with van der Waals surface area (Å²) in [6.07, 6.45) is 4.08. The Labute approximate surface area is 141 Å². The predicted molar refractivity (Wildman–Crippen MR) is 94.6 cm³/mol. The lowest BCUT2D eigenvalue weighted by Gasteiger charge is -2.11. The fourth-order valence-electron chi connectivity index (χ4n) is 2.35. The van der Waals surface area contributed by atoms with Crippen molar-refractivity contribution in [3.05, 3.63) is 66.6 Å². The highest BCUT2D eigenvalue weighted by molar-refractivity contribution is 5.79. The van der Waals surface area contributed by atoms with E-state index in [0.717, 1.165) is 36.1 Å². The van der Waals surface area contributed by atoms with Crippen molar-refractivity contribution in [1.29, 1.82) is 0 Å². The van der Waals surface area contributed by atoms with Gasteiger partial charge in [-0.05, 0) is 12.1 Å². The van der Waals surface area contributed by atoms with Crippen LogP contribution in [0.5, 0.6) is 0 Å². The summed E-state index contributed by atoms with van der Waals surface area (Å²) in [6, 6.07) is 15.9. The molecule has 6 nitrogen and oxygen atoms in total. The summed E-state index contributed by atoms with van der Waals surface area (Å²) in [5.41, 5.74) is 1.85. The van der Waals surface area contributed by atoms with Crippen LogP contribution in [0.3, 0.4) is 0 Å². The largest absolute Gasteiger partial charge is 0.356 e. The van der Waals surface area contributed by atoms with Crippen LogP contribution in [0.4, 0.5) is 0 Å². The van der Waals surface area contributed by atoms with Gasteiger partial charge in [0.05, 0.1) is 6.54 Å². The summed E-state index contributed by atoms with van der Waals surface area (Å²) in [5.74, 6) is 1.51. The van der Waals surface area contributed by atoms with E-state index in [-0.39, 0.29) is 0 Å². The quantitative estimate of drug-likeness (QED) is 0.540. The molecular formula is C18H21N5O. The molecule has 0 aliphatic carbocycles. The van der Waals surface area contributed by atoms with Crippen LogP contribution in [0.15, 0.2) is 70.4 Å². The van der Waals surface area contributed by atoms with Gasteiger partial charge in [-0.2, -0.15) is 0 Å². The third-order valence-electron chi connectivity index (χ3n) is 3.61. The lowest BCUT2D eigenvalue weighted by molar-refractivity contribution is 0.422. The van der Waals surface area contributed by atoms with Gasteiger partial charge in [0.1, 0.15) is 5.69 Å². The highest BCUT2D eigenvalue weighted by atomic mass is 16.5. The second-order valence-electron chi connectivity index (χ2n) is 5.32. The van der Waals surface area contributed by atoms with E-state index in [4.69, 9.17) is 4.52 Å². The van der Waals surface area contributed by atoms with Crippen LogP contribution in [0.25, 0.3) is 11.3 Å². The number of rotatable bonds is 6. The van der Waals surface area contributed by atoms with E-state index in [9.17, 15) is 0 Å². The highest BCUT2D eigenvalue weighted by Gasteiger charge is 2.07. The van der Waals surface area contributed by atoms with E-state index >= 15 is 0 Å². The zero-order valence-corrected chi connectivity index (χ0v) is 13.6. The molecular weight excluding hydrogens is 302 g/mol. The predicted octanol–water partition coefficient (Wildman–Crippen LogP) is 2.51. The van der Waals surface area contributed by atoms with Gasteiger partial charge in [-0.1, -0.05) is 35.5 Å². The number of aromatic nitrogens is 2. The standard InChI is InChI=1S/C18H21N5O/c1-19-18(20-9-12-23-10-5-6-11-23)21-14-16-13-17(24-22-16)15-7-3-2-4-8-15/h2-8,10-11,13H,9,12,14H2,1H3,(H2,19,20,21). The molecule has 124 valence electrons. The number of benzene rings is 1. The summed E-state index contributed by atoms with van der Waals surface area (Å²) in [7, 11) is 1.75. The Morgan fingerprint density at radius 2 is 1.92 bits per heavy atom. The molecule has 2 heterocycles. The minimum atomic E-state index is 0.555. The van der Waals surface area contributed by atoms with Crippen molar-refractivity contribution in [3.8, 4) is 11.3 Å². The fourth-order valence-corrected chi connectivity index (χ4v) is 2.35. The molecule has 3 rings (SSSR count). The van der Waals surface area contributed by atoms with E-state index in [0.29, 0.717) is 6.54 Å². The third kappa shape index (κ3) is 4.25. The Kier molecular flexibility index (Phi) is 5.29. The average Bonchev–Trinajstić information content (AvgIpc) is 3.30. The van der Waals surface area contributed by atoms with Crippen LogP contribution >= 0.6 is 0 Å². The van der Waals surface area contributed by atoms with Crippen LogP contribution in [0, 0.1) is 0 Å². The van der Waals surface area contributed by atoms with Crippen LogP contribution in [0.2, 0.25) is 0 Å². The molecule has 0 fully saturated rings. The summed E-state index contributed by atoms with van der Waals surface area (Å²) in [5, 5.41) is 10.6. The first-order valence-corrected chi connectivity index (χ1v) is 7.91. The summed E-state index contributed by atoms with van der Waals surface area (Å²) >= 11 is 0. The number of hydrogen-bond acceptors (Lipinski definition) is 3. The number of hydrogen-bond donors (Lipinski definition) is 2. The van der Waals surface area contributed by atoms with Crippen LogP contribution in [-0.2, 0) is 13.1 Å². The number of aliphatic imine (C=N–C) groups is 1. The zero-order valence-electron chi connectivity index (χ0n) is 13.6. The van der Waals surface area contributed by atoms with Gasteiger partial charge in [0.2, 0.25) is 0 Å². The van der Waals surface area contributed by atoms with E-state index in [1.165, 1.54) is 0 Å². The Bertz CT molecular complexity index is 762. The van der Waals surface area contributed by atoms with Crippen molar-refractivity contribution in [2.45, 2.75) is 13.1 Å². The molecule has 2 N–H and O–H groups in total. The monoisotopic (exact) mass is 323 g/mol. The lowest BCUT2D eigenvalue weighted by Crippen LogP contribution is -2.38. The minimum absolute atomic E-state index is 0.555. The highest BCUT2D eigenvalue weighted by Crippen LogP contribution is 2.19. The fraction of sp³-hybridized carbons (Fsp3) is 0.222. The van der Waals surface area contributed by atoms with E-state index in [1.54, 1.807) is 7.05 Å². The van der Waals surface area contributed by atoms with Crippen molar-refractivity contribution in [2.75, 3.05) is 13.6 Å². The Balaban J connectivity index is 1.48. The topological polar surface area (TPSA) is 67.4 Å². The maximum absolute atomic E-state index is 5.39. The van der Waals surface area contributed by atoms with Crippen LogP contribution < -0.4 is 10.6 Å². The number of nitrogens with zero attached hydrogens (tertiary/aromatic N) is 3. The Hall–Kier alpha value is -3.02. The average molecular weight is 323 g/mol. The second kappa shape index (κ2) is 8.01. The summed E-state index contributed by atoms with van der Waals surface area (Å²) in [4.78, 5) is 4.21. The van der Waals surface area contributed by atoms with Gasteiger partial charge < -0.3 is 19.7 Å². The number of nitrogens with one attached hydrogen (secondary N) is 2. The van der Waals surface area contributed by atoms with E-state index < -0.39 is 0 Å². The Morgan fingerprint density at radius 1 is 1.12 bits per heavy atom. The van der Waals surface area contributed by atoms with Crippen molar-refractivity contribution < 1.29 is 4.52 Å². The first kappa shape index (κ1) is 15.9. The third-order valence-corrected chi connectivity index (χ3v) is 3.61. The first-order chi connectivity index (χ1) is 11.8. The normalized spacial score (nSPS) is 11.5. The van der Waals surface area contributed by atoms with Gasteiger partial charge in [0.25, 0.3) is 0 Å². The zero-order chi connectivity index (χ0) is 16.6. The first-order valence-electron chi connectivity index (χ1n) is 7.91. The molecule has 3 aromatic rings. The maximum atomic E-state index is 5.39. The van der Waals surface area contributed by atoms with Crippen molar-refractivity contribution in [3.63, 3.8) is 0 Å². The minimum Gasteiger partial charge on any atom is -0.356 e. The molecule has 0 bridgehead atoms. The molecule has 0 amide bonds. The van der Waals surface area contributed by atoms with Crippen molar-refractivity contribution in [1.82, 2.24) is 20.4 Å². The van der Waals surface area contributed by atoms with Gasteiger partial charge in [-0.25, -0.2) is 0 Å². The molecule has 1 aromatic carbocycles. The van der Waals surface area contributed by atoms with Gasteiger partial charge >= 0.3 is 0 Å². The Morgan fingerprint density at radius 3 is 2.67 bits per heavy atom. The smallest absolute Gasteiger partial charge is 0.191 e. The van der Waals surface area contributed by atoms with E-state index in [2.05, 4.69) is 25.3 Å². The summed E-state index contributed by atoms with van der Waals surface area (Å²) < 4.78 is 7.51. The van der Waals surface area contributed by atoms with Crippen molar-refractivity contribution in [2.24, 2.45) is 4.99 Å². The van der Waals surface area contributed by atoms with Gasteiger partial charge in [-0.15, -0.1) is 0 Å². The molecule has 0 radical (unpaired) electrons. The molecule has 0 atom stereocenters. The molecule has 6 heteroatoms. The second-order valence-corrected chi connectivity index (χ2v) is 5.32. The van der Waals surface area contributed by atoms with Gasteiger partial charge in [0, 0.05) is 44.2 Å². The molecule has 0 spiro atoms. The van der Waals surface area contributed by atoms with Crippen molar-refractivity contribution >= 4 is 5.96 Å². The molecule has 0 aliphatic heterocycles. The molecule has 0 aliphatic rings. The molecule has 0 saturated heterocycles. The molecule has 0 saturated carbocycles. The summed E-state index contributed by atoms with van der Waals surface area (Å²) in [6.45, 7) is 2.23. The lowest BCUT2D eigenvalue weighted by atomic mass is 10.2. The molecule has 24 heavy (non-hydrogen) atoms. The SMILES string of the molecule is CN=C(NCCn1cccc1)NCc1cc(-c2ccccc2)on1. The maximum Gasteiger partial charge on any atom is 0.191 e. The van der Waals surface area contributed by atoms with E-state index in [1.807, 2.05) is 60.9 Å². The molecule has 2 aromatic heterocycles. The number of guanidine groups is 1. The molecule has 0 unspecified atom stereocenters. The van der Waals surface area contributed by atoms with Crippen LogP contribution in [-0.4, -0.2) is 29.3 Å².